The molecule has 21 heavy (non-hydrogen) atoms. The molecule has 0 atom stereocenters. The van der Waals surface area contributed by atoms with Gasteiger partial charge in [-0.25, -0.2) is 4.79 Å². The third-order valence-corrected chi connectivity index (χ3v) is 4.06. The van der Waals surface area contributed by atoms with Crippen LogP contribution in [0.3, 0.4) is 0 Å². The van der Waals surface area contributed by atoms with E-state index in [-0.39, 0.29) is 11.5 Å². The van der Waals surface area contributed by atoms with Crippen LogP contribution in [0.1, 0.15) is 60.9 Å². The number of nitrogens with one attached hydrogen (secondary N) is 1. The molecular formula is C17H23NO3. The normalized spacial score (nSPS) is 16.2. The van der Waals surface area contributed by atoms with Crippen LogP contribution in [0.15, 0.2) is 24.3 Å². The minimum Gasteiger partial charge on any atom is -0.478 e. The maximum atomic E-state index is 12.0. The second-order valence-electron chi connectivity index (χ2n) is 5.76. The Bertz CT molecular complexity index is 473. The maximum Gasteiger partial charge on any atom is 0.335 e. The summed E-state index contributed by atoms with van der Waals surface area (Å²) in [5.74, 6) is -0.822. The molecule has 2 rings (SSSR count). The Balaban J connectivity index is 1.76. The zero-order chi connectivity index (χ0) is 15.1. The number of aromatic carboxylic acids is 1. The Morgan fingerprint density at radius 1 is 1.05 bits per heavy atom. The molecule has 0 aliphatic heterocycles. The van der Waals surface area contributed by atoms with E-state index in [4.69, 9.17) is 5.11 Å². The average Bonchev–Trinajstić information content (AvgIpc) is 2.74. The Kier molecular flexibility index (Phi) is 5.78. The van der Waals surface area contributed by atoms with Crippen molar-refractivity contribution in [2.45, 2.75) is 57.4 Å². The van der Waals surface area contributed by atoms with Gasteiger partial charge in [-0.2, -0.15) is 0 Å². The van der Waals surface area contributed by atoms with Crippen molar-refractivity contribution in [3.8, 4) is 0 Å². The minimum absolute atomic E-state index is 0.101. The second-order valence-corrected chi connectivity index (χ2v) is 5.76. The number of hydrogen-bond acceptors (Lipinski definition) is 2. The highest BCUT2D eigenvalue weighted by molar-refractivity contribution is 5.87. The van der Waals surface area contributed by atoms with Crippen LogP contribution in [-0.2, 0) is 11.2 Å². The predicted octanol–water partition coefficient (Wildman–Crippen LogP) is 3.16. The molecule has 1 aliphatic carbocycles. The van der Waals surface area contributed by atoms with Crippen molar-refractivity contribution < 1.29 is 14.7 Å². The first-order valence-electron chi connectivity index (χ1n) is 7.77. The van der Waals surface area contributed by atoms with E-state index >= 15 is 0 Å². The van der Waals surface area contributed by atoms with E-state index in [0.717, 1.165) is 18.4 Å². The highest BCUT2D eigenvalue weighted by Crippen LogP contribution is 2.17. The van der Waals surface area contributed by atoms with Gasteiger partial charge in [-0.3, -0.25) is 4.79 Å². The molecule has 4 heteroatoms. The third-order valence-electron chi connectivity index (χ3n) is 4.06. The van der Waals surface area contributed by atoms with Crippen molar-refractivity contribution in [2.75, 3.05) is 0 Å². The van der Waals surface area contributed by atoms with Crippen molar-refractivity contribution in [3.05, 3.63) is 35.4 Å². The molecule has 0 unspecified atom stereocenters. The van der Waals surface area contributed by atoms with E-state index in [1.165, 1.54) is 25.7 Å². The first-order chi connectivity index (χ1) is 10.1. The smallest absolute Gasteiger partial charge is 0.335 e. The lowest BCUT2D eigenvalue weighted by Gasteiger charge is -2.16. The van der Waals surface area contributed by atoms with Crippen LogP contribution in [0.2, 0.25) is 0 Å². The van der Waals surface area contributed by atoms with Gasteiger partial charge in [0.25, 0.3) is 0 Å². The summed E-state index contributed by atoms with van der Waals surface area (Å²) in [6, 6.07) is 7.07. The first kappa shape index (κ1) is 15.5. The molecule has 1 aromatic rings. The largest absolute Gasteiger partial charge is 0.478 e. The number of carboxylic acid groups (broad SMARTS) is 1. The van der Waals surface area contributed by atoms with Crippen molar-refractivity contribution in [2.24, 2.45) is 0 Å². The van der Waals surface area contributed by atoms with Gasteiger partial charge in [0.2, 0.25) is 5.91 Å². The van der Waals surface area contributed by atoms with Gasteiger partial charge in [0, 0.05) is 12.5 Å². The molecule has 0 saturated heterocycles. The number of benzene rings is 1. The van der Waals surface area contributed by atoms with Gasteiger partial charge in [-0.1, -0.05) is 37.8 Å². The fraction of sp³-hybridized carbons (Fsp3) is 0.529. The van der Waals surface area contributed by atoms with Crippen LogP contribution >= 0.6 is 0 Å². The molecule has 0 spiro atoms. The van der Waals surface area contributed by atoms with E-state index in [9.17, 15) is 9.59 Å². The third kappa shape index (κ3) is 5.21. The summed E-state index contributed by atoms with van der Waals surface area (Å²) in [6.07, 6.45) is 8.28. The Morgan fingerprint density at radius 3 is 2.24 bits per heavy atom. The van der Waals surface area contributed by atoms with Crippen LogP contribution in [0.5, 0.6) is 0 Å². The summed E-state index contributed by atoms with van der Waals surface area (Å²) in [7, 11) is 0. The van der Waals surface area contributed by atoms with Crippen molar-refractivity contribution in [1.82, 2.24) is 5.32 Å². The monoisotopic (exact) mass is 289 g/mol. The molecule has 1 fully saturated rings. The van der Waals surface area contributed by atoms with E-state index in [1.807, 2.05) is 0 Å². The lowest BCUT2D eigenvalue weighted by atomic mass is 10.1. The van der Waals surface area contributed by atoms with Crippen molar-refractivity contribution in [1.29, 1.82) is 0 Å². The van der Waals surface area contributed by atoms with Gasteiger partial charge in [0.15, 0.2) is 0 Å². The molecule has 1 aromatic carbocycles. The van der Waals surface area contributed by atoms with E-state index in [2.05, 4.69) is 5.32 Å². The minimum atomic E-state index is -0.923. The molecule has 0 heterocycles. The zero-order valence-electron chi connectivity index (χ0n) is 12.3. The number of carboxylic acids is 1. The Hall–Kier alpha value is -1.84. The number of rotatable bonds is 5. The average molecular weight is 289 g/mol. The molecule has 4 nitrogen and oxygen atoms in total. The molecular weight excluding hydrogens is 266 g/mol. The lowest BCUT2D eigenvalue weighted by molar-refractivity contribution is -0.121. The first-order valence-corrected chi connectivity index (χ1v) is 7.77. The fourth-order valence-corrected chi connectivity index (χ4v) is 2.80. The zero-order valence-corrected chi connectivity index (χ0v) is 12.3. The number of amides is 1. The summed E-state index contributed by atoms with van der Waals surface area (Å²) in [4.78, 5) is 22.7. The number of carbonyl (C=O) groups is 2. The Labute approximate surface area is 125 Å². The van der Waals surface area contributed by atoms with E-state index < -0.39 is 5.97 Å². The number of aryl methyl sites for hydroxylation is 1. The summed E-state index contributed by atoms with van der Waals surface area (Å²) in [6.45, 7) is 0. The predicted molar refractivity (Wildman–Crippen MR) is 81.4 cm³/mol. The highest BCUT2D eigenvalue weighted by atomic mass is 16.4. The summed E-state index contributed by atoms with van der Waals surface area (Å²) in [5, 5.41) is 12.0. The molecule has 2 N–H and O–H groups in total. The van der Waals surface area contributed by atoms with Gasteiger partial charge in [0.1, 0.15) is 0 Å². The summed E-state index contributed by atoms with van der Waals surface area (Å²) >= 11 is 0. The SMILES string of the molecule is O=C(CCc1ccc(C(=O)O)cc1)NC1CCCCCC1. The molecule has 0 aromatic heterocycles. The standard InChI is InChI=1S/C17H23NO3/c19-16(18-15-5-3-1-2-4-6-15)12-9-13-7-10-14(11-8-13)17(20)21/h7-8,10-11,15H,1-6,9,12H2,(H,18,19)(H,20,21). The second kappa shape index (κ2) is 7.81. The van der Waals surface area contributed by atoms with Gasteiger partial charge < -0.3 is 10.4 Å². The van der Waals surface area contributed by atoms with Gasteiger partial charge in [0.05, 0.1) is 5.56 Å². The van der Waals surface area contributed by atoms with Crippen molar-refractivity contribution in [3.63, 3.8) is 0 Å². The maximum absolute atomic E-state index is 12.0. The topological polar surface area (TPSA) is 66.4 Å². The number of carbonyl (C=O) groups excluding carboxylic acids is 1. The van der Waals surface area contributed by atoms with E-state index in [1.54, 1.807) is 24.3 Å². The Morgan fingerprint density at radius 2 is 1.67 bits per heavy atom. The quantitative estimate of drug-likeness (QED) is 0.818. The van der Waals surface area contributed by atoms with Crippen LogP contribution in [0, 0.1) is 0 Å². The molecule has 114 valence electrons. The summed E-state index contributed by atoms with van der Waals surface area (Å²) in [5.41, 5.74) is 1.28. The van der Waals surface area contributed by atoms with Gasteiger partial charge in [-0.15, -0.1) is 0 Å². The van der Waals surface area contributed by atoms with Crippen LogP contribution < -0.4 is 5.32 Å². The molecule has 1 saturated carbocycles. The molecule has 0 radical (unpaired) electrons. The molecule has 1 amide bonds. The molecule has 0 bridgehead atoms. The van der Waals surface area contributed by atoms with E-state index in [0.29, 0.717) is 18.9 Å². The van der Waals surface area contributed by atoms with Crippen molar-refractivity contribution >= 4 is 11.9 Å². The summed E-state index contributed by atoms with van der Waals surface area (Å²) < 4.78 is 0. The lowest BCUT2D eigenvalue weighted by Crippen LogP contribution is -2.34. The number of hydrogen-bond donors (Lipinski definition) is 2. The fourth-order valence-electron chi connectivity index (χ4n) is 2.80. The van der Waals surface area contributed by atoms with Crippen LogP contribution in [-0.4, -0.2) is 23.0 Å². The highest BCUT2D eigenvalue weighted by Gasteiger charge is 2.14. The van der Waals surface area contributed by atoms with Crippen LogP contribution in [0.4, 0.5) is 0 Å². The van der Waals surface area contributed by atoms with Gasteiger partial charge >= 0.3 is 5.97 Å². The molecule has 1 aliphatic rings. The van der Waals surface area contributed by atoms with Crippen LogP contribution in [0.25, 0.3) is 0 Å². The van der Waals surface area contributed by atoms with Gasteiger partial charge in [-0.05, 0) is 37.0 Å².